The van der Waals surface area contributed by atoms with Crippen LogP contribution in [0.25, 0.3) is 0 Å². The summed E-state index contributed by atoms with van der Waals surface area (Å²) in [7, 11) is 0. The zero-order chi connectivity index (χ0) is 8.29. The lowest BCUT2D eigenvalue weighted by Crippen LogP contribution is -2.30. The molecule has 3 fully saturated rings. The van der Waals surface area contributed by atoms with E-state index in [1.54, 1.807) is 0 Å². The Morgan fingerprint density at radius 1 is 1.17 bits per heavy atom. The van der Waals surface area contributed by atoms with E-state index in [4.69, 9.17) is 0 Å². The van der Waals surface area contributed by atoms with E-state index >= 15 is 0 Å². The van der Waals surface area contributed by atoms with Crippen molar-refractivity contribution in [2.45, 2.75) is 32.6 Å². The van der Waals surface area contributed by atoms with Crippen LogP contribution in [-0.4, -0.2) is 5.78 Å². The zero-order valence-corrected chi connectivity index (χ0v) is 7.62. The Hall–Kier alpha value is -0.330. The quantitative estimate of drug-likeness (QED) is 0.536. The average molecular weight is 164 g/mol. The summed E-state index contributed by atoms with van der Waals surface area (Å²) >= 11 is 0. The molecule has 12 heavy (non-hydrogen) atoms. The summed E-state index contributed by atoms with van der Waals surface area (Å²) in [5.74, 6) is 4.06. The van der Waals surface area contributed by atoms with E-state index in [9.17, 15) is 4.79 Å². The summed E-state index contributed by atoms with van der Waals surface area (Å²) in [6.45, 7) is 2.15. The van der Waals surface area contributed by atoms with E-state index in [0.717, 1.165) is 17.8 Å². The molecular weight excluding hydrogens is 148 g/mol. The van der Waals surface area contributed by atoms with Crippen molar-refractivity contribution < 1.29 is 4.79 Å². The molecular formula is C11H16O. The van der Waals surface area contributed by atoms with Crippen LogP contribution in [0.1, 0.15) is 32.6 Å². The first-order valence-corrected chi connectivity index (χ1v) is 5.33. The molecule has 0 amide bonds. The molecule has 0 N–H and O–H groups in total. The number of hydrogen-bond donors (Lipinski definition) is 0. The predicted molar refractivity (Wildman–Crippen MR) is 46.6 cm³/mol. The van der Waals surface area contributed by atoms with Crippen LogP contribution >= 0.6 is 0 Å². The monoisotopic (exact) mass is 164 g/mol. The van der Waals surface area contributed by atoms with Crippen LogP contribution in [0, 0.1) is 29.6 Å². The Morgan fingerprint density at radius 2 is 1.92 bits per heavy atom. The normalized spacial score (nSPS) is 56.4. The molecule has 0 saturated heterocycles. The number of ketones is 1. The van der Waals surface area contributed by atoms with Gasteiger partial charge in [-0.05, 0) is 37.0 Å². The number of rotatable bonds is 0. The van der Waals surface area contributed by atoms with Crippen molar-refractivity contribution >= 4 is 5.78 Å². The molecule has 0 radical (unpaired) electrons. The van der Waals surface area contributed by atoms with Gasteiger partial charge < -0.3 is 0 Å². The summed E-state index contributed by atoms with van der Waals surface area (Å²) in [4.78, 5) is 11.7. The molecule has 2 bridgehead atoms. The molecule has 0 heterocycles. The van der Waals surface area contributed by atoms with Gasteiger partial charge >= 0.3 is 0 Å². The highest BCUT2D eigenvalue weighted by atomic mass is 16.1. The van der Waals surface area contributed by atoms with Crippen molar-refractivity contribution in [3.05, 3.63) is 0 Å². The van der Waals surface area contributed by atoms with Gasteiger partial charge in [-0.3, -0.25) is 4.79 Å². The lowest BCUT2D eigenvalue weighted by molar-refractivity contribution is -0.127. The minimum absolute atomic E-state index is 0.411. The van der Waals surface area contributed by atoms with Crippen LogP contribution in [-0.2, 0) is 4.79 Å². The van der Waals surface area contributed by atoms with Gasteiger partial charge in [0.25, 0.3) is 0 Å². The largest absolute Gasteiger partial charge is 0.299 e. The molecule has 5 atom stereocenters. The molecule has 3 aliphatic carbocycles. The van der Waals surface area contributed by atoms with Crippen molar-refractivity contribution in [3.63, 3.8) is 0 Å². The smallest absolute Gasteiger partial charge is 0.139 e. The zero-order valence-electron chi connectivity index (χ0n) is 7.62. The molecule has 1 nitrogen and oxygen atoms in total. The molecule has 1 heteroatoms. The van der Waals surface area contributed by atoms with Crippen LogP contribution in [0.4, 0.5) is 0 Å². The van der Waals surface area contributed by atoms with Gasteiger partial charge in [0, 0.05) is 11.8 Å². The number of fused-ring (bicyclic) bond motifs is 5. The van der Waals surface area contributed by atoms with Gasteiger partial charge in [0.1, 0.15) is 5.78 Å². The summed E-state index contributed by atoms with van der Waals surface area (Å²) in [5, 5.41) is 0. The minimum atomic E-state index is 0.411. The minimum Gasteiger partial charge on any atom is -0.299 e. The number of carbonyl (C=O) groups is 1. The second-order valence-electron chi connectivity index (χ2n) is 4.96. The van der Waals surface area contributed by atoms with Crippen LogP contribution < -0.4 is 0 Å². The lowest BCUT2D eigenvalue weighted by atomic mass is 9.76. The second kappa shape index (κ2) is 2.12. The fraction of sp³-hybridized carbons (Fsp3) is 0.909. The summed E-state index contributed by atoms with van der Waals surface area (Å²) in [6, 6.07) is 0. The highest BCUT2D eigenvalue weighted by Gasteiger charge is 2.56. The number of hydrogen-bond acceptors (Lipinski definition) is 1. The molecule has 0 aromatic carbocycles. The standard InChI is InChI=1S/C11H16O/c1-6-9-5-10(11(6)12)8-4-2-3-7(8)9/h6-10H,2-5H2,1H3/t6-,7+,8?,9?,10?/m0/s1. The molecule has 0 aliphatic heterocycles. The van der Waals surface area contributed by atoms with Gasteiger partial charge in [0.05, 0.1) is 0 Å². The molecule has 66 valence electrons. The van der Waals surface area contributed by atoms with Crippen molar-refractivity contribution in [1.82, 2.24) is 0 Å². The van der Waals surface area contributed by atoms with Crippen molar-refractivity contribution in [2.75, 3.05) is 0 Å². The third-order valence-corrected chi connectivity index (χ3v) is 4.67. The SMILES string of the molecule is C[C@@H]1C(=O)C2CC1[C@@H]1CCCC21. The van der Waals surface area contributed by atoms with E-state index in [1.807, 2.05) is 0 Å². The molecule has 3 saturated carbocycles. The van der Waals surface area contributed by atoms with Crippen LogP contribution in [0.5, 0.6) is 0 Å². The van der Waals surface area contributed by atoms with E-state index in [1.165, 1.54) is 25.7 Å². The van der Waals surface area contributed by atoms with Crippen LogP contribution in [0.3, 0.4) is 0 Å². The van der Waals surface area contributed by atoms with Crippen molar-refractivity contribution in [1.29, 1.82) is 0 Å². The Morgan fingerprint density at radius 3 is 2.75 bits per heavy atom. The first-order valence-electron chi connectivity index (χ1n) is 5.33. The summed E-state index contributed by atoms with van der Waals surface area (Å²) in [5.41, 5.74) is 0. The Labute approximate surface area is 73.5 Å². The maximum atomic E-state index is 11.7. The first kappa shape index (κ1) is 7.11. The van der Waals surface area contributed by atoms with Gasteiger partial charge in [-0.25, -0.2) is 0 Å². The highest BCUT2D eigenvalue weighted by molar-refractivity contribution is 5.87. The number of Topliss-reactive ketones (excluding diaryl/α,β-unsaturated/α-hetero) is 1. The van der Waals surface area contributed by atoms with Gasteiger partial charge in [-0.15, -0.1) is 0 Å². The summed E-state index contributed by atoms with van der Waals surface area (Å²) in [6.07, 6.45) is 5.41. The number of carbonyl (C=O) groups excluding carboxylic acids is 1. The third-order valence-electron chi connectivity index (χ3n) is 4.67. The topological polar surface area (TPSA) is 17.1 Å². The lowest BCUT2D eigenvalue weighted by Gasteiger charge is -2.27. The fourth-order valence-electron chi connectivity index (χ4n) is 4.14. The van der Waals surface area contributed by atoms with Crippen molar-refractivity contribution in [3.8, 4) is 0 Å². The summed E-state index contributed by atoms with van der Waals surface area (Å²) < 4.78 is 0. The van der Waals surface area contributed by atoms with Crippen LogP contribution in [0.2, 0.25) is 0 Å². The predicted octanol–water partition coefficient (Wildman–Crippen LogP) is 2.26. The Kier molecular flexibility index (Phi) is 1.26. The van der Waals surface area contributed by atoms with Gasteiger partial charge in [0.2, 0.25) is 0 Å². The van der Waals surface area contributed by atoms with Gasteiger partial charge in [-0.2, -0.15) is 0 Å². The Bertz CT molecular complexity index is 233. The van der Waals surface area contributed by atoms with E-state index in [0.29, 0.717) is 17.6 Å². The fourth-order valence-corrected chi connectivity index (χ4v) is 4.14. The molecule has 3 unspecified atom stereocenters. The third kappa shape index (κ3) is 0.641. The first-order chi connectivity index (χ1) is 5.79. The van der Waals surface area contributed by atoms with E-state index in [2.05, 4.69) is 6.92 Å². The molecule has 3 rings (SSSR count). The molecule has 0 aromatic rings. The molecule has 0 aromatic heterocycles. The van der Waals surface area contributed by atoms with Crippen LogP contribution in [0.15, 0.2) is 0 Å². The van der Waals surface area contributed by atoms with E-state index < -0.39 is 0 Å². The second-order valence-corrected chi connectivity index (χ2v) is 4.96. The van der Waals surface area contributed by atoms with Crippen molar-refractivity contribution in [2.24, 2.45) is 29.6 Å². The highest BCUT2D eigenvalue weighted by Crippen LogP contribution is 2.59. The van der Waals surface area contributed by atoms with Gasteiger partial charge in [-0.1, -0.05) is 13.3 Å². The van der Waals surface area contributed by atoms with E-state index in [-0.39, 0.29) is 0 Å². The van der Waals surface area contributed by atoms with Gasteiger partial charge in [0.15, 0.2) is 0 Å². The molecule has 0 spiro atoms. The maximum absolute atomic E-state index is 11.7. The molecule has 3 aliphatic rings. The average Bonchev–Trinajstić information content (AvgIpc) is 2.63. The maximum Gasteiger partial charge on any atom is 0.139 e. The Balaban J connectivity index is 1.97.